The number of piperidine rings is 1. The third-order valence-electron chi connectivity index (χ3n) is 6.63. The lowest BCUT2D eigenvalue weighted by Gasteiger charge is -2.54. The van der Waals surface area contributed by atoms with Crippen molar-refractivity contribution in [2.75, 3.05) is 25.2 Å². The number of piperazine rings is 1. The average molecular weight is 440 g/mol. The highest BCUT2D eigenvalue weighted by Crippen LogP contribution is 2.38. The highest BCUT2D eigenvalue weighted by atomic mass is 16.7. The number of urea groups is 1. The molecule has 7 rings (SSSR count). The zero-order chi connectivity index (χ0) is 22.2. The summed E-state index contributed by atoms with van der Waals surface area (Å²) in [6.07, 6.45) is 4.27. The van der Waals surface area contributed by atoms with Crippen LogP contribution in [-0.2, 0) is 0 Å². The van der Waals surface area contributed by atoms with E-state index in [0.717, 1.165) is 0 Å². The number of hydrogen-bond acceptors (Lipinski definition) is 4. The maximum Gasteiger partial charge on any atom is 0.321 e. The number of rotatable bonds is 4. The number of carbonyl (C=O) groups is 1. The molecule has 3 saturated heterocycles. The topological polar surface area (TPSA) is 62.8 Å². The van der Waals surface area contributed by atoms with Crippen molar-refractivity contribution in [2.24, 2.45) is 0 Å². The Balaban J connectivity index is 1.07. The first-order valence-corrected chi connectivity index (χ1v) is 11.3. The molecule has 4 aliphatic heterocycles. The first kappa shape index (κ1) is 19.9. The lowest BCUT2D eigenvalue weighted by atomic mass is 9.74. The molecule has 0 radical (unpaired) electrons. The molecule has 0 spiro atoms. The molecule has 2 bridgehead atoms. The van der Waals surface area contributed by atoms with Gasteiger partial charge in [0.15, 0.2) is 11.5 Å². The van der Waals surface area contributed by atoms with E-state index in [1.165, 1.54) is 16.7 Å². The molecule has 4 aliphatic rings. The molecular formula is C27H25N3O3. The van der Waals surface area contributed by atoms with E-state index in [-0.39, 0.29) is 24.9 Å². The van der Waals surface area contributed by atoms with Crippen LogP contribution in [-0.4, -0.2) is 42.9 Å². The van der Waals surface area contributed by atoms with E-state index in [4.69, 9.17) is 9.47 Å². The van der Waals surface area contributed by atoms with Crippen molar-refractivity contribution in [2.45, 2.75) is 18.0 Å². The Morgan fingerprint density at radius 3 is 2.33 bits per heavy atom. The molecular weight excluding hydrogens is 414 g/mol. The number of hydrogen-bond donors (Lipinski definition) is 2. The van der Waals surface area contributed by atoms with Crippen LogP contribution in [0.2, 0.25) is 0 Å². The molecule has 1 unspecified atom stereocenters. The van der Waals surface area contributed by atoms with E-state index in [0.29, 0.717) is 36.2 Å². The Bertz CT molecular complexity index is 1180. The molecule has 0 saturated carbocycles. The van der Waals surface area contributed by atoms with E-state index in [1.54, 1.807) is 6.07 Å². The molecule has 4 heterocycles. The Kier molecular flexibility index (Phi) is 5.00. The highest BCUT2D eigenvalue weighted by Gasteiger charge is 2.48. The number of ether oxygens (including phenoxy) is 2. The van der Waals surface area contributed by atoms with Gasteiger partial charge in [0.2, 0.25) is 6.79 Å². The standard InChI is InChI=1S/C27H25N3O3/c31-27(28-21-12-13-24-25(14-21)33-17-32-24)30-15-22-26(23(16-30)29-22)20-10-8-19(9-11-20)7-6-18-4-2-1-3-5-18/h1-14,22-23,26,29H,15-17H2,(H,28,31)/t22-,23+,26?. The lowest BCUT2D eigenvalue weighted by Crippen LogP contribution is -2.72. The molecule has 0 aliphatic carbocycles. The first-order chi connectivity index (χ1) is 16.2. The van der Waals surface area contributed by atoms with Gasteiger partial charge in [0.1, 0.15) is 0 Å². The second-order valence-corrected chi connectivity index (χ2v) is 8.72. The van der Waals surface area contributed by atoms with Gasteiger partial charge in [-0.3, -0.25) is 0 Å². The minimum absolute atomic E-state index is 0.0785. The number of carbonyl (C=O) groups excluding carboxylic acids is 1. The van der Waals surface area contributed by atoms with Gasteiger partial charge in [-0.05, 0) is 28.8 Å². The van der Waals surface area contributed by atoms with E-state index in [1.807, 2.05) is 35.2 Å². The first-order valence-electron chi connectivity index (χ1n) is 11.3. The predicted molar refractivity (Wildman–Crippen MR) is 128 cm³/mol. The largest absolute Gasteiger partial charge is 0.454 e. The Morgan fingerprint density at radius 2 is 1.58 bits per heavy atom. The molecule has 2 N–H and O–H groups in total. The van der Waals surface area contributed by atoms with Crippen molar-refractivity contribution < 1.29 is 14.3 Å². The van der Waals surface area contributed by atoms with Crippen LogP contribution in [0.3, 0.4) is 0 Å². The van der Waals surface area contributed by atoms with E-state index >= 15 is 0 Å². The molecule has 6 heteroatoms. The summed E-state index contributed by atoms with van der Waals surface area (Å²) < 4.78 is 10.7. The SMILES string of the molecule is O=C(Nc1ccc2c(c1)OCO2)N1C[C@@H]2N[C@H](C1)C2c1ccc(C=Cc2ccccc2)cc1. The van der Waals surface area contributed by atoms with E-state index in [9.17, 15) is 4.79 Å². The molecule has 6 nitrogen and oxygen atoms in total. The van der Waals surface area contributed by atoms with Crippen molar-refractivity contribution in [3.8, 4) is 11.5 Å². The summed E-state index contributed by atoms with van der Waals surface area (Å²) in [6, 6.07) is 25.0. The number of nitrogens with one attached hydrogen (secondary N) is 2. The summed E-state index contributed by atoms with van der Waals surface area (Å²) >= 11 is 0. The fourth-order valence-electron chi connectivity index (χ4n) is 4.92. The van der Waals surface area contributed by atoms with Crippen molar-refractivity contribution >= 4 is 23.9 Å². The van der Waals surface area contributed by atoms with Gasteiger partial charge in [0.25, 0.3) is 0 Å². The predicted octanol–water partition coefficient (Wildman–Crippen LogP) is 4.56. The summed E-state index contributed by atoms with van der Waals surface area (Å²) in [4.78, 5) is 14.7. The second kappa shape index (κ2) is 8.30. The number of fused-ring (bicyclic) bond motifs is 3. The summed E-state index contributed by atoms with van der Waals surface area (Å²) in [6.45, 7) is 1.60. The van der Waals surface area contributed by atoms with Gasteiger partial charge in [-0.1, -0.05) is 66.7 Å². The monoisotopic (exact) mass is 439 g/mol. The van der Waals surface area contributed by atoms with Crippen LogP contribution in [0.15, 0.2) is 72.8 Å². The Morgan fingerprint density at radius 1 is 0.879 bits per heavy atom. The molecule has 3 atom stereocenters. The lowest BCUT2D eigenvalue weighted by molar-refractivity contribution is 0.0759. The quantitative estimate of drug-likeness (QED) is 0.585. The zero-order valence-electron chi connectivity index (χ0n) is 18.1. The van der Waals surface area contributed by atoms with Gasteiger partial charge < -0.3 is 25.0 Å². The van der Waals surface area contributed by atoms with Gasteiger partial charge in [-0.2, -0.15) is 0 Å². The maximum atomic E-state index is 12.8. The van der Waals surface area contributed by atoms with Crippen LogP contribution in [0.25, 0.3) is 12.2 Å². The van der Waals surface area contributed by atoms with E-state index < -0.39 is 0 Å². The van der Waals surface area contributed by atoms with Crippen LogP contribution < -0.4 is 20.1 Å². The number of nitrogens with zero attached hydrogens (tertiary/aromatic N) is 1. The fourth-order valence-corrected chi connectivity index (χ4v) is 4.92. The zero-order valence-corrected chi connectivity index (χ0v) is 18.1. The Labute approximate surface area is 192 Å². The van der Waals surface area contributed by atoms with E-state index in [2.05, 4.69) is 59.2 Å². The smallest absolute Gasteiger partial charge is 0.321 e. The van der Waals surface area contributed by atoms with Crippen molar-refractivity contribution in [3.63, 3.8) is 0 Å². The van der Waals surface area contributed by atoms with Crippen LogP contribution in [0.4, 0.5) is 10.5 Å². The summed E-state index contributed by atoms with van der Waals surface area (Å²) in [5.74, 6) is 1.81. The van der Waals surface area contributed by atoms with Crippen LogP contribution in [0.1, 0.15) is 22.6 Å². The maximum absolute atomic E-state index is 12.8. The van der Waals surface area contributed by atoms with Crippen LogP contribution in [0, 0.1) is 0 Å². The average Bonchev–Trinajstić information content (AvgIpc) is 3.32. The summed E-state index contributed by atoms with van der Waals surface area (Å²) in [5.41, 5.74) is 4.42. The summed E-state index contributed by atoms with van der Waals surface area (Å²) in [5, 5.41) is 6.59. The number of amides is 2. The summed E-state index contributed by atoms with van der Waals surface area (Å²) in [7, 11) is 0. The van der Waals surface area contributed by atoms with Crippen LogP contribution in [0.5, 0.6) is 11.5 Å². The molecule has 0 aromatic heterocycles. The number of benzene rings is 3. The molecule has 3 aromatic rings. The molecule has 166 valence electrons. The van der Waals surface area contributed by atoms with Gasteiger partial charge in [-0.25, -0.2) is 4.79 Å². The molecule has 3 fully saturated rings. The van der Waals surface area contributed by atoms with Crippen molar-refractivity contribution in [3.05, 3.63) is 89.5 Å². The highest BCUT2D eigenvalue weighted by molar-refractivity contribution is 5.90. The van der Waals surface area contributed by atoms with Crippen LogP contribution >= 0.6 is 0 Å². The third-order valence-corrected chi connectivity index (χ3v) is 6.63. The van der Waals surface area contributed by atoms with Crippen molar-refractivity contribution in [1.29, 1.82) is 0 Å². The Hall–Kier alpha value is -3.77. The number of anilines is 1. The van der Waals surface area contributed by atoms with Gasteiger partial charge in [-0.15, -0.1) is 0 Å². The minimum atomic E-state index is -0.0785. The van der Waals surface area contributed by atoms with Gasteiger partial charge in [0.05, 0.1) is 0 Å². The normalized spacial score (nSPS) is 22.8. The molecule has 33 heavy (non-hydrogen) atoms. The minimum Gasteiger partial charge on any atom is -0.454 e. The van der Waals surface area contributed by atoms with Gasteiger partial charge in [0, 0.05) is 42.8 Å². The fraction of sp³-hybridized carbons (Fsp3) is 0.222. The molecule has 2 amide bonds. The van der Waals surface area contributed by atoms with Crippen molar-refractivity contribution in [1.82, 2.24) is 10.2 Å². The third kappa shape index (κ3) is 3.94. The molecule has 3 aromatic carbocycles. The second-order valence-electron chi connectivity index (χ2n) is 8.72. The van der Waals surface area contributed by atoms with Gasteiger partial charge >= 0.3 is 6.03 Å².